The lowest BCUT2D eigenvalue weighted by atomic mass is 10.1. The summed E-state index contributed by atoms with van der Waals surface area (Å²) in [5, 5.41) is 4.57. The summed E-state index contributed by atoms with van der Waals surface area (Å²) in [4.78, 5) is 14.7. The third-order valence-corrected chi connectivity index (χ3v) is 4.24. The highest BCUT2D eigenvalue weighted by atomic mass is 16.2. The van der Waals surface area contributed by atoms with Gasteiger partial charge in [-0.15, -0.1) is 0 Å². The Balaban J connectivity index is 1.85. The van der Waals surface area contributed by atoms with Crippen molar-refractivity contribution in [3.63, 3.8) is 0 Å². The molecule has 1 fully saturated rings. The summed E-state index contributed by atoms with van der Waals surface area (Å²) in [5.41, 5.74) is 4.42. The first kappa shape index (κ1) is 14.8. The monoisotopic (exact) mass is 297 g/mol. The maximum atomic E-state index is 12.8. The average molecular weight is 297 g/mol. The summed E-state index contributed by atoms with van der Waals surface area (Å²) in [5.74, 6) is 0.525. The van der Waals surface area contributed by atoms with E-state index in [1.54, 1.807) is 0 Å². The van der Waals surface area contributed by atoms with E-state index in [1.165, 1.54) is 11.1 Å². The highest BCUT2D eigenvalue weighted by Crippen LogP contribution is 2.29. The summed E-state index contributed by atoms with van der Waals surface area (Å²) in [6.07, 6.45) is 2.74. The van der Waals surface area contributed by atoms with E-state index in [1.807, 2.05) is 21.8 Å². The number of rotatable bonds is 3. The molecule has 1 aliphatic rings. The maximum Gasteiger partial charge on any atom is 0.251 e. The van der Waals surface area contributed by atoms with E-state index in [9.17, 15) is 4.79 Å². The Bertz CT molecular complexity index is 682. The Morgan fingerprint density at radius 1 is 1.18 bits per heavy atom. The minimum atomic E-state index is -0.173. The number of benzene rings is 1. The van der Waals surface area contributed by atoms with Crippen molar-refractivity contribution >= 4 is 11.6 Å². The van der Waals surface area contributed by atoms with Crippen LogP contribution in [0.5, 0.6) is 0 Å². The fraction of sp³-hybridized carbons (Fsp3) is 0.444. The second-order valence-corrected chi connectivity index (χ2v) is 6.52. The fourth-order valence-corrected chi connectivity index (χ4v) is 3.11. The molecule has 0 aliphatic carbocycles. The fourth-order valence-electron chi connectivity index (χ4n) is 3.11. The zero-order valence-electron chi connectivity index (χ0n) is 13.7. The average Bonchev–Trinajstić information content (AvgIpc) is 3.03. The minimum Gasteiger partial charge on any atom is -0.310 e. The van der Waals surface area contributed by atoms with Gasteiger partial charge in [-0.2, -0.15) is 5.10 Å². The SMILES string of the molecule is Cc1cc(C)cc(N2CCC(n3ccc(C(C)C)n3)C2=O)c1. The van der Waals surface area contributed by atoms with Crippen molar-refractivity contribution in [1.82, 2.24) is 9.78 Å². The van der Waals surface area contributed by atoms with Gasteiger partial charge < -0.3 is 4.90 Å². The predicted molar refractivity (Wildman–Crippen MR) is 88.2 cm³/mol. The Kier molecular flexibility index (Phi) is 3.77. The lowest BCUT2D eigenvalue weighted by Crippen LogP contribution is -2.28. The number of hydrogen-bond acceptors (Lipinski definition) is 2. The van der Waals surface area contributed by atoms with E-state index in [4.69, 9.17) is 0 Å². The van der Waals surface area contributed by atoms with Crippen molar-refractivity contribution < 1.29 is 4.79 Å². The Morgan fingerprint density at radius 2 is 1.86 bits per heavy atom. The molecule has 4 nitrogen and oxygen atoms in total. The molecule has 1 aromatic carbocycles. The lowest BCUT2D eigenvalue weighted by Gasteiger charge is -2.18. The highest BCUT2D eigenvalue weighted by molar-refractivity contribution is 5.98. The number of nitrogens with zero attached hydrogens (tertiary/aromatic N) is 3. The van der Waals surface area contributed by atoms with Gasteiger partial charge in [0.2, 0.25) is 0 Å². The molecule has 1 atom stereocenters. The Labute approximate surface area is 131 Å². The van der Waals surface area contributed by atoms with E-state index in [0.29, 0.717) is 5.92 Å². The van der Waals surface area contributed by atoms with Crippen molar-refractivity contribution in [2.24, 2.45) is 0 Å². The molecule has 0 saturated carbocycles. The largest absolute Gasteiger partial charge is 0.310 e. The number of anilines is 1. The van der Waals surface area contributed by atoms with Gasteiger partial charge in [0.15, 0.2) is 0 Å². The standard InChI is InChI=1S/C18H23N3O/c1-12(2)16-5-8-21(19-16)17-6-7-20(18(17)22)15-10-13(3)9-14(4)11-15/h5,8-12,17H,6-7H2,1-4H3. The maximum absolute atomic E-state index is 12.8. The van der Waals surface area contributed by atoms with Crippen molar-refractivity contribution in [3.05, 3.63) is 47.3 Å². The van der Waals surface area contributed by atoms with Crippen LogP contribution in [0.25, 0.3) is 0 Å². The second kappa shape index (κ2) is 5.59. The molecular weight excluding hydrogens is 274 g/mol. The number of aryl methyl sites for hydroxylation is 2. The molecule has 1 aliphatic heterocycles. The van der Waals surface area contributed by atoms with Gasteiger partial charge in [0, 0.05) is 18.4 Å². The number of hydrogen-bond donors (Lipinski definition) is 0. The molecule has 0 spiro atoms. The number of carbonyl (C=O) groups excluding carboxylic acids is 1. The minimum absolute atomic E-state index is 0.142. The molecule has 2 aromatic rings. The number of aromatic nitrogens is 2. The Hall–Kier alpha value is -2.10. The predicted octanol–water partition coefficient (Wildman–Crippen LogP) is 3.60. The molecule has 1 unspecified atom stereocenters. The zero-order valence-corrected chi connectivity index (χ0v) is 13.7. The first-order valence-electron chi connectivity index (χ1n) is 7.90. The third-order valence-electron chi connectivity index (χ3n) is 4.24. The van der Waals surface area contributed by atoms with Gasteiger partial charge in [-0.3, -0.25) is 9.48 Å². The molecule has 22 heavy (non-hydrogen) atoms. The molecule has 1 aromatic heterocycles. The van der Waals surface area contributed by atoms with Crippen LogP contribution in [0.1, 0.15) is 49.0 Å². The number of amides is 1. The van der Waals surface area contributed by atoms with Crippen molar-refractivity contribution in [2.45, 2.75) is 46.1 Å². The summed E-state index contributed by atoms with van der Waals surface area (Å²) in [7, 11) is 0. The van der Waals surface area contributed by atoms with Crippen molar-refractivity contribution in [3.8, 4) is 0 Å². The van der Waals surface area contributed by atoms with Crippen LogP contribution in [0.15, 0.2) is 30.5 Å². The van der Waals surface area contributed by atoms with E-state index in [2.05, 4.69) is 51.0 Å². The van der Waals surface area contributed by atoms with Crippen LogP contribution in [-0.2, 0) is 4.79 Å². The summed E-state index contributed by atoms with van der Waals surface area (Å²) < 4.78 is 1.83. The molecule has 2 heterocycles. The van der Waals surface area contributed by atoms with Gasteiger partial charge >= 0.3 is 0 Å². The smallest absolute Gasteiger partial charge is 0.251 e. The van der Waals surface area contributed by atoms with Crippen molar-refractivity contribution in [2.75, 3.05) is 11.4 Å². The molecule has 116 valence electrons. The normalized spacial score (nSPS) is 18.5. The van der Waals surface area contributed by atoms with Crippen LogP contribution in [0.2, 0.25) is 0 Å². The lowest BCUT2D eigenvalue weighted by molar-refractivity contribution is -0.120. The molecule has 1 saturated heterocycles. The summed E-state index contributed by atoms with van der Waals surface area (Å²) >= 11 is 0. The van der Waals surface area contributed by atoms with Gasteiger partial charge in [-0.05, 0) is 55.5 Å². The van der Waals surface area contributed by atoms with Crippen LogP contribution >= 0.6 is 0 Å². The topological polar surface area (TPSA) is 38.1 Å². The van der Waals surface area contributed by atoms with E-state index in [-0.39, 0.29) is 11.9 Å². The molecule has 0 N–H and O–H groups in total. The van der Waals surface area contributed by atoms with Crippen molar-refractivity contribution in [1.29, 1.82) is 0 Å². The van der Waals surface area contributed by atoms with Gasteiger partial charge in [0.05, 0.1) is 5.69 Å². The highest BCUT2D eigenvalue weighted by Gasteiger charge is 2.34. The van der Waals surface area contributed by atoms with E-state index >= 15 is 0 Å². The molecule has 4 heteroatoms. The first-order chi connectivity index (χ1) is 10.5. The second-order valence-electron chi connectivity index (χ2n) is 6.52. The van der Waals surface area contributed by atoms with Crippen LogP contribution < -0.4 is 4.90 Å². The summed E-state index contributed by atoms with van der Waals surface area (Å²) in [6.45, 7) is 9.12. The molecule has 1 amide bonds. The third kappa shape index (κ3) is 2.65. The quantitative estimate of drug-likeness (QED) is 0.868. The van der Waals surface area contributed by atoms with Gasteiger partial charge in [0.25, 0.3) is 5.91 Å². The molecule has 0 radical (unpaired) electrons. The molecule has 0 bridgehead atoms. The van der Waals surface area contributed by atoms with E-state index in [0.717, 1.165) is 24.3 Å². The van der Waals surface area contributed by atoms with Crippen LogP contribution in [0, 0.1) is 13.8 Å². The van der Waals surface area contributed by atoms with Crippen LogP contribution in [0.4, 0.5) is 5.69 Å². The van der Waals surface area contributed by atoms with Gasteiger partial charge in [0.1, 0.15) is 6.04 Å². The van der Waals surface area contributed by atoms with Crippen LogP contribution in [-0.4, -0.2) is 22.2 Å². The molecule has 3 rings (SSSR count). The van der Waals surface area contributed by atoms with Gasteiger partial charge in [-0.25, -0.2) is 0 Å². The molecular formula is C18H23N3O. The zero-order chi connectivity index (χ0) is 15.9. The van der Waals surface area contributed by atoms with Gasteiger partial charge in [-0.1, -0.05) is 19.9 Å². The number of carbonyl (C=O) groups is 1. The summed E-state index contributed by atoms with van der Waals surface area (Å²) in [6, 6.07) is 8.13. The van der Waals surface area contributed by atoms with Crippen LogP contribution in [0.3, 0.4) is 0 Å². The first-order valence-corrected chi connectivity index (χ1v) is 7.90. The van der Waals surface area contributed by atoms with E-state index < -0.39 is 0 Å². The Morgan fingerprint density at radius 3 is 2.45 bits per heavy atom.